The third-order valence-electron chi connectivity index (χ3n) is 5.17. The summed E-state index contributed by atoms with van der Waals surface area (Å²) in [6, 6.07) is 21.9. The Labute approximate surface area is 191 Å². The van der Waals surface area contributed by atoms with Gasteiger partial charge in [0.05, 0.1) is 6.26 Å². The van der Waals surface area contributed by atoms with Crippen LogP contribution in [0.5, 0.6) is 0 Å². The van der Waals surface area contributed by atoms with E-state index in [2.05, 4.69) is 15.0 Å². The van der Waals surface area contributed by atoms with Gasteiger partial charge in [-0.2, -0.15) is 0 Å². The maximum Gasteiger partial charge on any atom is 0.251 e. The van der Waals surface area contributed by atoms with E-state index >= 15 is 0 Å². The minimum Gasteiger partial charge on any atom is -0.361 e. The molecule has 3 N–H and O–H groups in total. The van der Waals surface area contributed by atoms with Crippen LogP contribution >= 0.6 is 11.6 Å². The molecule has 0 radical (unpaired) electrons. The molecule has 1 atom stereocenters. The lowest BCUT2D eigenvalue weighted by Crippen LogP contribution is -2.29. The van der Waals surface area contributed by atoms with Crippen LogP contribution in [0.4, 0.5) is 5.69 Å². The number of aromatic amines is 1. The molecule has 0 aliphatic rings. The van der Waals surface area contributed by atoms with Crippen LogP contribution in [0.1, 0.15) is 27.4 Å². The Morgan fingerprint density at radius 1 is 1.00 bits per heavy atom. The molecule has 1 unspecified atom stereocenters. The lowest BCUT2D eigenvalue weighted by atomic mass is 9.90. The summed E-state index contributed by atoms with van der Waals surface area (Å²) < 4.78 is 25.4. The van der Waals surface area contributed by atoms with Gasteiger partial charge in [0, 0.05) is 45.8 Å². The first-order chi connectivity index (χ1) is 15.3. The second kappa shape index (κ2) is 9.06. The number of aromatic nitrogens is 1. The van der Waals surface area contributed by atoms with Crippen molar-refractivity contribution in [3.8, 4) is 0 Å². The monoisotopic (exact) mass is 467 g/mol. The van der Waals surface area contributed by atoms with Crippen molar-refractivity contribution < 1.29 is 13.2 Å². The molecule has 8 heteroatoms. The van der Waals surface area contributed by atoms with E-state index in [0.717, 1.165) is 28.3 Å². The number of para-hydroxylation sites is 1. The van der Waals surface area contributed by atoms with Gasteiger partial charge in [0.15, 0.2) is 0 Å². The molecule has 0 aliphatic carbocycles. The summed E-state index contributed by atoms with van der Waals surface area (Å²) in [7, 11) is -3.44. The standard InChI is InChI=1S/C24H22ClN3O3S/c1-32(30,31)28-17-8-6-7-16(13-17)24(29)27-15-20(18-9-2-4-11-22(18)25)21-14-26-23-12-5-3-10-19(21)23/h2-14,20,26,28H,15H2,1H3,(H,27,29). The topological polar surface area (TPSA) is 91.1 Å². The molecule has 0 bridgehead atoms. The number of halogens is 1. The molecule has 0 aliphatic heterocycles. The van der Waals surface area contributed by atoms with Crippen molar-refractivity contribution in [1.29, 1.82) is 0 Å². The highest BCUT2D eigenvalue weighted by atomic mass is 35.5. The number of hydrogen-bond donors (Lipinski definition) is 3. The maximum atomic E-state index is 12.9. The third kappa shape index (κ3) is 4.95. The van der Waals surface area contributed by atoms with Crippen LogP contribution < -0.4 is 10.0 Å². The molecule has 3 aromatic carbocycles. The van der Waals surface area contributed by atoms with E-state index in [-0.39, 0.29) is 11.8 Å². The van der Waals surface area contributed by atoms with Crippen molar-refractivity contribution in [2.75, 3.05) is 17.5 Å². The van der Waals surface area contributed by atoms with Crippen LogP contribution in [0.25, 0.3) is 10.9 Å². The highest BCUT2D eigenvalue weighted by molar-refractivity contribution is 7.92. The van der Waals surface area contributed by atoms with E-state index in [1.807, 2.05) is 54.7 Å². The summed E-state index contributed by atoms with van der Waals surface area (Å²) in [5, 5.41) is 4.66. The fourth-order valence-corrected chi connectivity index (χ4v) is 4.58. The zero-order valence-corrected chi connectivity index (χ0v) is 18.9. The third-order valence-corrected chi connectivity index (χ3v) is 6.12. The van der Waals surface area contributed by atoms with Crippen molar-refractivity contribution >= 4 is 44.1 Å². The number of hydrogen-bond acceptors (Lipinski definition) is 3. The first-order valence-electron chi connectivity index (χ1n) is 9.98. The molecule has 1 amide bonds. The molecule has 0 spiro atoms. The quantitative estimate of drug-likeness (QED) is 0.366. The van der Waals surface area contributed by atoms with Gasteiger partial charge >= 0.3 is 0 Å². The number of rotatable bonds is 7. The minimum absolute atomic E-state index is 0.180. The lowest BCUT2D eigenvalue weighted by molar-refractivity contribution is 0.0952. The van der Waals surface area contributed by atoms with Gasteiger partial charge in [-0.3, -0.25) is 9.52 Å². The largest absolute Gasteiger partial charge is 0.361 e. The van der Waals surface area contributed by atoms with E-state index in [1.165, 1.54) is 6.07 Å². The summed E-state index contributed by atoms with van der Waals surface area (Å²) in [4.78, 5) is 16.2. The average Bonchev–Trinajstić information content (AvgIpc) is 3.18. The van der Waals surface area contributed by atoms with E-state index in [9.17, 15) is 13.2 Å². The van der Waals surface area contributed by atoms with Crippen LogP contribution in [0.3, 0.4) is 0 Å². The van der Waals surface area contributed by atoms with Gasteiger partial charge in [-0.25, -0.2) is 8.42 Å². The molecular weight excluding hydrogens is 446 g/mol. The highest BCUT2D eigenvalue weighted by Gasteiger charge is 2.21. The maximum absolute atomic E-state index is 12.9. The summed E-state index contributed by atoms with van der Waals surface area (Å²) in [6.07, 6.45) is 3.01. The number of nitrogens with one attached hydrogen (secondary N) is 3. The zero-order valence-electron chi connectivity index (χ0n) is 17.3. The Kier molecular flexibility index (Phi) is 6.21. The van der Waals surface area contributed by atoms with Crippen LogP contribution in [0, 0.1) is 0 Å². The summed E-state index contributed by atoms with van der Waals surface area (Å²) in [6.45, 7) is 0.314. The molecule has 32 heavy (non-hydrogen) atoms. The molecule has 6 nitrogen and oxygen atoms in total. The molecule has 164 valence electrons. The molecule has 4 rings (SSSR count). The summed E-state index contributed by atoms with van der Waals surface area (Å²) >= 11 is 6.51. The lowest BCUT2D eigenvalue weighted by Gasteiger charge is -2.19. The SMILES string of the molecule is CS(=O)(=O)Nc1cccc(C(=O)NCC(c2ccccc2Cl)c2c[nH]c3ccccc23)c1. The Balaban J connectivity index is 1.62. The number of carbonyl (C=O) groups is 1. The van der Waals surface area contributed by atoms with E-state index in [1.54, 1.807) is 18.2 Å². The first kappa shape index (κ1) is 21.9. The molecule has 0 saturated carbocycles. The second-order valence-electron chi connectivity index (χ2n) is 7.53. The fourth-order valence-electron chi connectivity index (χ4n) is 3.76. The van der Waals surface area contributed by atoms with Gasteiger partial charge in [0.25, 0.3) is 5.91 Å². The molecule has 0 fully saturated rings. The Bertz CT molecular complexity index is 1380. The number of benzene rings is 3. The Hall–Kier alpha value is -3.29. The number of carbonyl (C=O) groups excluding carboxylic acids is 1. The number of anilines is 1. The van der Waals surface area contributed by atoms with Crippen LogP contribution in [0.15, 0.2) is 79.0 Å². The van der Waals surface area contributed by atoms with Gasteiger partial charge in [0.2, 0.25) is 10.0 Å². The smallest absolute Gasteiger partial charge is 0.251 e. The number of H-pyrrole nitrogens is 1. The van der Waals surface area contributed by atoms with Crippen molar-refractivity contribution in [3.05, 3.63) is 101 Å². The molecule has 0 saturated heterocycles. The van der Waals surface area contributed by atoms with Crippen LogP contribution in [-0.2, 0) is 10.0 Å². The number of amides is 1. The van der Waals surface area contributed by atoms with Gasteiger partial charge in [-0.15, -0.1) is 0 Å². The van der Waals surface area contributed by atoms with Gasteiger partial charge in [0.1, 0.15) is 0 Å². The van der Waals surface area contributed by atoms with Crippen LogP contribution in [0.2, 0.25) is 5.02 Å². The molecule has 1 heterocycles. The van der Waals surface area contributed by atoms with Crippen molar-refractivity contribution in [2.24, 2.45) is 0 Å². The van der Waals surface area contributed by atoms with Crippen molar-refractivity contribution in [2.45, 2.75) is 5.92 Å². The Morgan fingerprint density at radius 2 is 1.75 bits per heavy atom. The highest BCUT2D eigenvalue weighted by Crippen LogP contribution is 2.34. The molecular formula is C24H22ClN3O3S. The molecule has 4 aromatic rings. The Morgan fingerprint density at radius 3 is 2.53 bits per heavy atom. The van der Waals surface area contributed by atoms with Gasteiger partial charge < -0.3 is 10.3 Å². The average molecular weight is 468 g/mol. The van der Waals surface area contributed by atoms with Crippen molar-refractivity contribution in [3.63, 3.8) is 0 Å². The normalized spacial score (nSPS) is 12.4. The van der Waals surface area contributed by atoms with Gasteiger partial charge in [-0.05, 0) is 41.5 Å². The van der Waals surface area contributed by atoms with E-state index in [0.29, 0.717) is 22.8 Å². The van der Waals surface area contributed by atoms with E-state index in [4.69, 9.17) is 11.6 Å². The van der Waals surface area contributed by atoms with Crippen molar-refractivity contribution in [1.82, 2.24) is 10.3 Å². The fraction of sp³-hybridized carbons (Fsp3) is 0.125. The minimum atomic E-state index is -3.44. The van der Waals surface area contributed by atoms with Crippen LogP contribution in [-0.4, -0.2) is 32.1 Å². The predicted molar refractivity (Wildman–Crippen MR) is 129 cm³/mol. The first-order valence-corrected chi connectivity index (χ1v) is 12.3. The zero-order chi connectivity index (χ0) is 22.7. The van der Waals surface area contributed by atoms with E-state index < -0.39 is 10.0 Å². The summed E-state index contributed by atoms with van der Waals surface area (Å²) in [5.41, 5.74) is 3.63. The second-order valence-corrected chi connectivity index (χ2v) is 9.68. The summed E-state index contributed by atoms with van der Waals surface area (Å²) in [5.74, 6) is -0.486. The predicted octanol–water partition coefficient (Wildman–Crippen LogP) is 4.75. The molecule has 1 aromatic heterocycles. The number of sulfonamides is 1. The van der Waals surface area contributed by atoms with Gasteiger partial charge in [-0.1, -0.05) is 54.1 Å². The number of fused-ring (bicyclic) bond motifs is 1.